The van der Waals surface area contributed by atoms with E-state index in [1.54, 1.807) is 0 Å². The van der Waals surface area contributed by atoms with Crippen molar-refractivity contribution in [1.29, 1.82) is 0 Å². The number of nitrogens with zero attached hydrogens (tertiary/aromatic N) is 1. The number of nitrogens with two attached hydrogens (primary N) is 1. The van der Waals surface area contributed by atoms with Crippen LogP contribution in [0, 0.1) is 0 Å². The molecule has 0 bridgehead atoms. The van der Waals surface area contributed by atoms with Crippen LogP contribution in [0.3, 0.4) is 0 Å². The Hall–Kier alpha value is -1.61. The topological polar surface area (TPSA) is 73.1 Å². The average molecular weight is 322 g/mol. The maximum Gasteiger partial charge on any atom is 0.416 e. The van der Waals surface area contributed by atoms with Gasteiger partial charge in [0, 0.05) is 11.1 Å². The van der Waals surface area contributed by atoms with E-state index in [2.05, 4.69) is 4.98 Å². The fraction of sp³-hybridized carbons (Fsp3) is 0.182. The molecule has 0 fully saturated rings. The summed E-state index contributed by atoms with van der Waals surface area (Å²) in [5.74, 6) is -0.340. The third-order valence-corrected chi connectivity index (χ3v) is 5.18. The number of hydrogen-bond acceptors (Lipinski definition) is 5. The minimum atomic E-state index is -4.56. The van der Waals surface area contributed by atoms with E-state index in [9.17, 15) is 21.6 Å². The fourth-order valence-corrected chi connectivity index (χ4v) is 4.00. The molecule has 0 amide bonds. The van der Waals surface area contributed by atoms with Crippen molar-refractivity contribution >= 4 is 26.9 Å². The third kappa shape index (κ3) is 3.10. The molecule has 1 aromatic carbocycles. The summed E-state index contributed by atoms with van der Waals surface area (Å²) in [4.78, 5) is 3.93. The van der Waals surface area contributed by atoms with Crippen LogP contribution in [0.1, 0.15) is 10.4 Å². The second-order valence-corrected chi connectivity index (χ2v) is 6.91. The second kappa shape index (κ2) is 5.06. The Labute approximate surface area is 117 Å². The van der Waals surface area contributed by atoms with Crippen LogP contribution >= 0.6 is 11.3 Å². The molecular weight excluding hydrogens is 313 g/mol. The standard InChI is InChI=1S/C11H9F3N2O2S2/c12-11(13,14)7-1-2-10(9(15)3-7)20(17,18)5-8-4-16-6-19-8/h1-4,6H,5,15H2. The highest BCUT2D eigenvalue weighted by molar-refractivity contribution is 7.91. The van der Waals surface area contributed by atoms with Gasteiger partial charge in [-0.05, 0) is 18.2 Å². The van der Waals surface area contributed by atoms with Crippen molar-refractivity contribution in [2.24, 2.45) is 0 Å². The van der Waals surface area contributed by atoms with Crippen molar-refractivity contribution in [2.45, 2.75) is 16.8 Å². The predicted molar refractivity (Wildman–Crippen MR) is 68.9 cm³/mol. The van der Waals surface area contributed by atoms with E-state index in [-0.39, 0.29) is 10.6 Å². The molecule has 2 rings (SSSR count). The molecule has 0 saturated heterocycles. The van der Waals surface area contributed by atoms with Crippen molar-refractivity contribution < 1.29 is 21.6 Å². The number of thiazole rings is 1. The molecule has 0 aliphatic carbocycles. The van der Waals surface area contributed by atoms with Gasteiger partial charge in [-0.25, -0.2) is 8.42 Å². The molecule has 4 nitrogen and oxygen atoms in total. The van der Waals surface area contributed by atoms with Crippen LogP contribution in [0.4, 0.5) is 18.9 Å². The molecule has 108 valence electrons. The smallest absolute Gasteiger partial charge is 0.398 e. The monoisotopic (exact) mass is 322 g/mol. The Balaban J connectivity index is 2.38. The zero-order chi connectivity index (χ0) is 15.0. The molecule has 0 saturated carbocycles. The summed E-state index contributed by atoms with van der Waals surface area (Å²) in [5, 5.41) is 0. The highest BCUT2D eigenvalue weighted by atomic mass is 32.2. The Morgan fingerprint density at radius 3 is 2.50 bits per heavy atom. The Bertz CT molecular complexity index is 710. The number of hydrogen-bond donors (Lipinski definition) is 1. The summed E-state index contributed by atoms with van der Waals surface area (Å²) in [5.41, 5.74) is 5.52. The molecule has 0 atom stereocenters. The van der Waals surface area contributed by atoms with Gasteiger partial charge in [0.25, 0.3) is 0 Å². The van der Waals surface area contributed by atoms with E-state index in [0.29, 0.717) is 17.0 Å². The number of alkyl halides is 3. The van der Waals surface area contributed by atoms with E-state index < -0.39 is 27.3 Å². The van der Waals surface area contributed by atoms with Crippen LogP contribution in [-0.4, -0.2) is 13.4 Å². The molecule has 0 aliphatic rings. The van der Waals surface area contributed by atoms with E-state index in [1.165, 1.54) is 11.7 Å². The molecule has 0 aliphatic heterocycles. The Morgan fingerprint density at radius 2 is 2.00 bits per heavy atom. The van der Waals surface area contributed by atoms with E-state index >= 15 is 0 Å². The molecule has 0 radical (unpaired) electrons. The molecule has 0 unspecified atom stereocenters. The van der Waals surface area contributed by atoms with Gasteiger partial charge < -0.3 is 5.73 Å². The lowest BCUT2D eigenvalue weighted by atomic mass is 10.2. The zero-order valence-electron chi connectivity index (χ0n) is 9.89. The van der Waals surface area contributed by atoms with Gasteiger partial charge in [-0.15, -0.1) is 11.3 Å². The quantitative estimate of drug-likeness (QED) is 0.882. The van der Waals surface area contributed by atoms with Crippen LogP contribution < -0.4 is 5.73 Å². The first-order valence-electron chi connectivity index (χ1n) is 5.27. The predicted octanol–water partition coefficient (Wildman–Crippen LogP) is 2.72. The van der Waals surface area contributed by atoms with Crippen LogP contribution in [0.2, 0.25) is 0 Å². The van der Waals surface area contributed by atoms with Gasteiger partial charge in [0.15, 0.2) is 9.84 Å². The maximum absolute atomic E-state index is 12.5. The normalized spacial score (nSPS) is 12.6. The summed E-state index contributed by atoms with van der Waals surface area (Å²) in [6.07, 6.45) is -3.17. The molecule has 2 N–H and O–H groups in total. The zero-order valence-corrected chi connectivity index (χ0v) is 11.5. The number of anilines is 1. The van der Waals surface area contributed by atoms with Gasteiger partial charge in [0.2, 0.25) is 0 Å². The molecule has 2 aromatic rings. The molecule has 1 aromatic heterocycles. The van der Waals surface area contributed by atoms with Crippen molar-refractivity contribution in [1.82, 2.24) is 4.98 Å². The van der Waals surface area contributed by atoms with Gasteiger partial charge in [-0.2, -0.15) is 13.2 Å². The summed E-state index contributed by atoms with van der Waals surface area (Å²) < 4.78 is 61.7. The third-order valence-electron chi connectivity index (χ3n) is 2.49. The molecular formula is C11H9F3N2O2S2. The lowest BCUT2D eigenvalue weighted by molar-refractivity contribution is -0.137. The van der Waals surface area contributed by atoms with E-state index in [4.69, 9.17) is 5.73 Å². The van der Waals surface area contributed by atoms with E-state index in [0.717, 1.165) is 17.4 Å². The van der Waals surface area contributed by atoms with Crippen molar-refractivity contribution in [3.63, 3.8) is 0 Å². The summed E-state index contributed by atoms with van der Waals surface area (Å²) in [7, 11) is -3.80. The van der Waals surface area contributed by atoms with Crippen LogP contribution in [-0.2, 0) is 21.8 Å². The van der Waals surface area contributed by atoms with Gasteiger partial charge >= 0.3 is 6.18 Å². The lowest BCUT2D eigenvalue weighted by Crippen LogP contribution is -2.10. The summed E-state index contributed by atoms with van der Waals surface area (Å²) in [6, 6.07) is 2.21. The number of sulfone groups is 1. The Kier molecular flexibility index (Phi) is 3.74. The minimum absolute atomic E-state index is 0.307. The average Bonchev–Trinajstić information content (AvgIpc) is 2.79. The first-order valence-corrected chi connectivity index (χ1v) is 7.80. The second-order valence-electron chi connectivity index (χ2n) is 3.98. The fourth-order valence-electron chi connectivity index (χ4n) is 1.59. The van der Waals surface area contributed by atoms with Crippen molar-refractivity contribution in [2.75, 3.05) is 5.73 Å². The highest BCUT2D eigenvalue weighted by Gasteiger charge is 2.32. The van der Waals surface area contributed by atoms with Crippen molar-refractivity contribution in [3.8, 4) is 0 Å². The SMILES string of the molecule is Nc1cc(C(F)(F)F)ccc1S(=O)(=O)Cc1cncs1. The number of aromatic nitrogens is 1. The van der Waals surface area contributed by atoms with Crippen LogP contribution in [0.15, 0.2) is 34.8 Å². The first-order chi connectivity index (χ1) is 9.20. The van der Waals surface area contributed by atoms with Crippen molar-refractivity contribution in [3.05, 3.63) is 40.3 Å². The van der Waals surface area contributed by atoms with Crippen LogP contribution in [0.5, 0.6) is 0 Å². The first kappa shape index (κ1) is 14.8. The molecule has 9 heteroatoms. The number of rotatable bonds is 3. The molecule has 20 heavy (non-hydrogen) atoms. The summed E-state index contributed by atoms with van der Waals surface area (Å²) >= 11 is 1.15. The lowest BCUT2D eigenvalue weighted by Gasteiger charge is -2.11. The molecule has 0 spiro atoms. The minimum Gasteiger partial charge on any atom is -0.398 e. The van der Waals surface area contributed by atoms with Crippen LogP contribution in [0.25, 0.3) is 0 Å². The summed E-state index contributed by atoms with van der Waals surface area (Å²) in [6.45, 7) is 0. The van der Waals surface area contributed by atoms with Gasteiger partial charge in [0.05, 0.1) is 27.4 Å². The number of halogens is 3. The Morgan fingerprint density at radius 1 is 1.30 bits per heavy atom. The van der Waals surface area contributed by atoms with Gasteiger partial charge in [0.1, 0.15) is 0 Å². The van der Waals surface area contributed by atoms with Gasteiger partial charge in [-0.1, -0.05) is 0 Å². The molecule has 1 heterocycles. The maximum atomic E-state index is 12.5. The highest BCUT2D eigenvalue weighted by Crippen LogP contribution is 2.33. The largest absolute Gasteiger partial charge is 0.416 e. The van der Waals surface area contributed by atoms with Gasteiger partial charge in [-0.3, -0.25) is 4.98 Å². The van der Waals surface area contributed by atoms with E-state index in [1.807, 2.05) is 0 Å². The number of benzene rings is 1. The number of nitrogen functional groups attached to an aromatic ring is 1.